The normalized spacial score (nSPS) is 23.4. The fourth-order valence-corrected chi connectivity index (χ4v) is 2.44. The molecule has 1 fully saturated rings. The molecule has 0 spiro atoms. The van der Waals surface area contributed by atoms with E-state index in [2.05, 4.69) is 22.4 Å². The van der Waals surface area contributed by atoms with Crippen molar-refractivity contribution >= 4 is 11.9 Å². The van der Waals surface area contributed by atoms with E-state index >= 15 is 0 Å². The largest absolute Gasteiger partial charge is 0.408 e. The molecule has 112 valence electrons. The number of nitrogens with zero attached hydrogens (tertiary/aromatic N) is 3. The Kier molecular flexibility index (Phi) is 4.72. The number of hydrogen-bond acceptors (Lipinski definition) is 6. The van der Waals surface area contributed by atoms with E-state index in [4.69, 9.17) is 4.42 Å². The molecule has 0 bridgehead atoms. The lowest BCUT2D eigenvalue weighted by atomic mass is 10.0. The summed E-state index contributed by atoms with van der Waals surface area (Å²) in [7, 11) is 0. The van der Waals surface area contributed by atoms with Crippen LogP contribution in [0.15, 0.2) is 4.42 Å². The summed E-state index contributed by atoms with van der Waals surface area (Å²) in [6.07, 6.45) is 0.997. The first-order valence-corrected chi connectivity index (χ1v) is 6.99. The molecule has 1 aliphatic rings. The van der Waals surface area contributed by atoms with Crippen molar-refractivity contribution in [3.8, 4) is 0 Å². The van der Waals surface area contributed by atoms with Crippen molar-refractivity contribution in [2.75, 3.05) is 25.0 Å². The fraction of sp³-hybridized carbons (Fsp3) is 0.769. The van der Waals surface area contributed by atoms with Crippen molar-refractivity contribution < 1.29 is 14.3 Å². The smallest absolute Gasteiger partial charge is 0.322 e. The van der Waals surface area contributed by atoms with Gasteiger partial charge in [-0.3, -0.25) is 15.0 Å². The zero-order valence-electron chi connectivity index (χ0n) is 12.2. The van der Waals surface area contributed by atoms with Crippen molar-refractivity contribution in [3.05, 3.63) is 5.89 Å². The minimum Gasteiger partial charge on any atom is -0.408 e. The van der Waals surface area contributed by atoms with Crippen LogP contribution in [0.5, 0.6) is 0 Å². The number of rotatable bonds is 5. The minimum atomic E-state index is -0.198. The van der Waals surface area contributed by atoms with E-state index in [-0.39, 0.29) is 37.0 Å². The van der Waals surface area contributed by atoms with Gasteiger partial charge in [0.15, 0.2) is 0 Å². The third kappa shape index (κ3) is 3.34. The SMILES string of the molecule is CC(C)c1nnc(NC(=O)CN2CCC(C)C2CO)o1. The summed E-state index contributed by atoms with van der Waals surface area (Å²) in [5.74, 6) is 0.843. The first kappa shape index (κ1) is 14.9. The van der Waals surface area contributed by atoms with E-state index in [0.717, 1.165) is 13.0 Å². The molecule has 1 saturated heterocycles. The number of nitrogens with one attached hydrogen (secondary N) is 1. The Labute approximate surface area is 118 Å². The molecule has 1 aromatic rings. The van der Waals surface area contributed by atoms with Crippen LogP contribution < -0.4 is 5.32 Å². The summed E-state index contributed by atoms with van der Waals surface area (Å²) in [5, 5.41) is 19.6. The summed E-state index contributed by atoms with van der Waals surface area (Å²) in [6.45, 7) is 7.10. The van der Waals surface area contributed by atoms with E-state index in [9.17, 15) is 9.90 Å². The van der Waals surface area contributed by atoms with E-state index < -0.39 is 0 Å². The van der Waals surface area contributed by atoms with Gasteiger partial charge in [-0.15, -0.1) is 5.10 Å². The van der Waals surface area contributed by atoms with Crippen LogP contribution in [-0.2, 0) is 4.79 Å². The maximum Gasteiger partial charge on any atom is 0.322 e. The first-order chi connectivity index (χ1) is 9.51. The number of anilines is 1. The topological polar surface area (TPSA) is 91.5 Å². The second-order valence-corrected chi connectivity index (χ2v) is 5.63. The molecule has 0 aliphatic carbocycles. The number of hydrogen-bond donors (Lipinski definition) is 2. The van der Waals surface area contributed by atoms with Crippen LogP contribution in [0.4, 0.5) is 6.01 Å². The molecule has 2 rings (SSSR count). The van der Waals surface area contributed by atoms with E-state index in [1.165, 1.54) is 0 Å². The van der Waals surface area contributed by atoms with Crippen LogP contribution in [0.25, 0.3) is 0 Å². The number of aliphatic hydroxyl groups excluding tert-OH is 1. The highest BCUT2D eigenvalue weighted by atomic mass is 16.4. The summed E-state index contributed by atoms with van der Waals surface area (Å²) in [6, 6.07) is 0.182. The molecule has 0 aromatic carbocycles. The maximum absolute atomic E-state index is 12.0. The average Bonchev–Trinajstić information content (AvgIpc) is 2.97. The number of carbonyl (C=O) groups excluding carboxylic acids is 1. The summed E-state index contributed by atoms with van der Waals surface area (Å²) >= 11 is 0. The number of likely N-dealkylation sites (tertiary alicyclic amines) is 1. The van der Waals surface area contributed by atoms with Gasteiger partial charge in [-0.05, 0) is 18.9 Å². The van der Waals surface area contributed by atoms with Gasteiger partial charge < -0.3 is 9.52 Å². The molecule has 2 heterocycles. The van der Waals surface area contributed by atoms with Crippen LogP contribution in [0.2, 0.25) is 0 Å². The second kappa shape index (κ2) is 6.32. The third-order valence-electron chi connectivity index (χ3n) is 3.71. The second-order valence-electron chi connectivity index (χ2n) is 5.63. The van der Waals surface area contributed by atoms with Gasteiger partial charge in [0.1, 0.15) is 0 Å². The Morgan fingerprint density at radius 1 is 1.55 bits per heavy atom. The number of amides is 1. The minimum absolute atomic E-state index is 0.0506. The summed E-state index contributed by atoms with van der Waals surface area (Å²) < 4.78 is 5.33. The average molecular weight is 282 g/mol. The van der Waals surface area contributed by atoms with Crippen molar-refractivity contribution in [3.63, 3.8) is 0 Å². The van der Waals surface area contributed by atoms with Crippen molar-refractivity contribution in [2.24, 2.45) is 5.92 Å². The Morgan fingerprint density at radius 3 is 2.90 bits per heavy atom. The van der Waals surface area contributed by atoms with Crippen molar-refractivity contribution in [1.29, 1.82) is 0 Å². The molecule has 2 unspecified atom stereocenters. The molecule has 0 radical (unpaired) electrons. The highest BCUT2D eigenvalue weighted by Crippen LogP contribution is 2.23. The van der Waals surface area contributed by atoms with Gasteiger partial charge in [0.05, 0.1) is 13.2 Å². The van der Waals surface area contributed by atoms with E-state index in [1.807, 2.05) is 18.7 Å². The molecule has 20 heavy (non-hydrogen) atoms. The van der Waals surface area contributed by atoms with Gasteiger partial charge in [0, 0.05) is 12.0 Å². The zero-order chi connectivity index (χ0) is 14.7. The highest BCUT2D eigenvalue weighted by molar-refractivity contribution is 5.90. The van der Waals surface area contributed by atoms with Crippen molar-refractivity contribution in [1.82, 2.24) is 15.1 Å². The standard InChI is InChI=1S/C13H22N4O3/c1-8(2)12-15-16-13(20-12)14-11(19)6-17-5-4-9(3)10(17)7-18/h8-10,18H,4-7H2,1-3H3,(H,14,16,19). The molecular weight excluding hydrogens is 260 g/mol. The monoisotopic (exact) mass is 282 g/mol. The Morgan fingerprint density at radius 2 is 2.30 bits per heavy atom. The summed E-state index contributed by atoms with van der Waals surface area (Å²) in [4.78, 5) is 13.9. The molecule has 7 heteroatoms. The number of aromatic nitrogens is 2. The first-order valence-electron chi connectivity index (χ1n) is 6.99. The van der Waals surface area contributed by atoms with Crippen molar-refractivity contribution in [2.45, 2.75) is 39.2 Å². The van der Waals surface area contributed by atoms with Gasteiger partial charge >= 0.3 is 6.01 Å². The van der Waals surface area contributed by atoms with E-state index in [0.29, 0.717) is 11.8 Å². The fourth-order valence-electron chi connectivity index (χ4n) is 2.44. The van der Waals surface area contributed by atoms with Crippen LogP contribution in [0.3, 0.4) is 0 Å². The lowest BCUT2D eigenvalue weighted by Gasteiger charge is -2.23. The molecule has 1 aliphatic heterocycles. The lowest BCUT2D eigenvalue weighted by Crippen LogP contribution is -2.40. The van der Waals surface area contributed by atoms with Crippen LogP contribution >= 0.6 is 0 Å². The van der Waals surface area contributed by atoms with Gasteiger partial charge in [-0.25, -0.2) is 0 Å². The van der Waals surface area contributed by atoms with E-state index in [1.54, 1.807) is 0 Å². The van der Waals surface area contributed by atoms with Gasteiger partial charge in [0.25, 0.3) is 0 Å². The molecule has 0 saturated carbocycles. The number of aliphatic hydroxyl groups is 1. The predicted molar refractivity (Wildman–Crippen MR) is 73.2 cm³/mol. The maximum atomic E-state index is 12.0. The third-order valence-corrected chi connectivity index (χ3v) is 3.71. The highest BCUT2D eigenvalue weighted by Gasteiger charge is 2.31. The number of carbonyl (C=O) groups is 1. The summed E-state index contributed by atoms with van der Waals surface area (Å²) in [5.41, 5.74) is 0. The quantitative estimate of drug-likeness (QED) is 0.831. The zero-order valence-corrected chi connectivity index (χ0v) is 12.2. The van der Waals surface area contributed by atoms with Crippen LogP contribution in [0, 0.1) is 5.92 Å². The Bertz CT molecular complexity index is 460. The molecule has 1 amide bonds. The molecule has 2 atom stereocenters. The Hall–Kier alpha value is -1.47. The molecule has 1 aromatic heterocycles. The molecule has 2 N–H and O–H groups in total. The van der Waals surface area contributed by atoms with Crippen LogP contribution in [0.1, 0.15) is 39.0 Å². The molecule has 7 nitrogen and oxygen atoms in total. The molecular formula is C13H22N4O3. The van der Waals surface area contributed by atoms with Gasteiger partial charge in [0.2, 0.25) is 11.8 Å². The van der Waals surface area contributed by atoms with Gasteiger partial charge in [-0.1, -0.05) is 25.9 Å². The predicted octanol–water partition coefficient (Wildman–Crippen LogP) is 0.834. The van der Waals surface area contributed by atoms with Gasteiger partial charge in [-0.2, -0.15) is 0 Å². The lowest BCUT2D eigenvalue weighted by molar-refractivity contribution is -0.117. The van der Waals surface area contributed by atoms with Crippen LogP contribution in [-0.4, -0.2) is 51.8 Å². The Balaban J connectivity index is 1.89.